The van der Waals surface area contributed by atoms with Gasteiger partial charge in [-0.3, -0.25) is 4.79 Å². The summed E-state index contributed by atoms with van der Waals surface area (Å²) in [7, 11) is 0. The van der Waals surface area contributed by atoms with E-state index in [-0.39, 0.29) is 34.9 Å². The van der Waals surface area contributed by atoms with Gasteiger partial charge in [0, 0.05) is 50.0 Å². The number of rotatable bonds is 4. The van der Waals surface area contributed by atoms with E-state index in [0.717, 1.165) is 57.1 Å². The Bertz CT molecular complexity index is 1400. The Kier molecular flexibility index (Phi) is 7.49. The van der Waals surface area contributed by atoms with Crippen LogP contribution in [0.25, 0.3) is 11.1 Å². The largest absolute Gasteiger partial charge is 0.328 e. The Morgan fingerprint density at radius 2 is 1.73 bits per heavy atom. The molecule has 6 rings (SSSR count). The quantitative estimate of drug-likeness (QED) is 0.452. The molecule has 1 aliphatic carbocycles. The van der Waals surface area contributed by atoms with Crippen molar-refractivity contribution >= 4 is 6.03 Å². The third-order valence-electron chi connectivity index (χ3n) is 9.66. The molecule has 210 valence electrons. The minimum absolute atomic E-state index is 0.00115. The maximum absolute atomic E-state index is 14.3. The van der Waals surface area contributed by atoms with Crippen LogP contribution in [0.3, 0.4) is 0 Å². The average Bonchev–Trinajstić information content (AvgIpc) is 3.44. The first-order valence-corrected chi connectivity index (χ1v) is 14.7. The van der Waals surface area contributed by atoms with Crippen LogP contribution in [0, 0.1) is 17.2 Å². The molecule has 2 amide bonds. The van der Waals surface area contributed by atoms with E-state index in [4.69, 9.17) is 5.73 Å². The summed E-state index contributed by atoms with van der Waals surface area (Å²) in [6, 6.07) is 20.4. The molecule has 0 bridgehead atoms. The Morgan fingerprint density at radius 3 is 2.48 bits per heavy atom. The Labute approximate surface area is 235 Å². The molecule has 0 unspecified atom stereocenters. The summed E-state index contributed by atoms with van der Waals surface area (Å²) >= 11 is 0. The molecule has 2 N–H and O–H groups in total. The molecule has 6 nitrogen and oxygen atoms in total. The van der Waals surface area contributed by atoms with Crippen molar-refractivity contribution < 1.29 is 9.18 Å². The number of carbonyl (C=O) groups excluding carboxylic acids is 1. The highest BCUT2D eigenvalue weighted by Crippen LogP contribution is 2.49. The molecule has 3 aromatic rings. The minimum atomic E-state index is -0.327. The number of hydrogen-bond acceptors (Lipinski definition) is 3. The lowest BCUT2D eigenvalue weighted by atomic mass is 9.69. The van der Waals surface area contributed by atoms with Crippen molar-refractivity contribution in [2.75, 3.05) is 19.6 Å². The van der Waals surface area contributed by atoms with E-state index < -0.39 is 0 Å². The van der Waals surface area contributed by atoms with Crippen molar-refractivity contribution in [1.29, 1.82) is 0 Å². The average molecular weight is 543 g/mol. The molecule has 0 radical (unpaired) electrons. The zero-order valence-corrected chi connectivity index (χ0v) is 23.1. The Hall–Kier alpha value is -3.45. The van der Waals surface area contributed by atoms with Crippen LogP contribution in [0.5, 0.6) is 0 Å². The zero-order valence-electron chi connectivity index (χ0n) is 23.1. The highest BCUT2D eigenvalue weighted by molar-refractivity contribution is 5.75. The number of amides is 2. The smallest absolute Gasteiger partial charge is 0.320 e. The van der Waals surface area contributed by atoms with Gasteiger partial charge >= 0.3 is 6.03 Å². The molecular weight excluding hydrogens is 503 g/mol. The second-order valence-electron chi connectivity index (χ2n) is 12.0. The predicted octanol–water partition coefficient (Wildman–Crippen LogP) is 5.82. The van der Waals surface area contributed by atoms with E-state index in [1.54, 1.807) is 28.8 Å². The monoisotopic (exact) mass is 542 g/mol. The van der Waals surface area contributed by atoms with Crippen LogP contribution in [-0.2, 0) is 6.54 Å². The fourth-order valence-corrected chi connectivity index (χ4v) is 7.45. The second-order valence-corrected chi connectivity index (χ2v) is 12.0. The van der Waals surface area contributed by atoms with Crippen LogP contribution < -0.4 is 11.3 Å². The van der Waals surface area contributed by atoms with Gasteiger partial charge in [-0.25, -0.2) is 9.18 Å². The number of benzene rings is 2. The van der Waals surface area contributed by atoms with Crippen LogP contribution in [0.2, 0.25) is 0 Å². The third-order valence-corrected chi connectivity index (χ3v) is 9.66. The lowest BCUT2D eigenvalue weighted by molar-refractivity contribution is 0.0215. The van der Waals surface area contributed by atoms with Crippen LogP contribution in [0.1, 0.15) is 56.6 Å². The van der Waals surface area contributed by atoms with Crippen molar-refractivity contribution in [3.8, 4) is 11.1 Å². The van der Waals surface area contributed by atoms with Crippen molar-refractivity contribution in [3.05, 3.63) is 94.7 Å². The molecule has 40 heavy (non-hydrogen) atoms. The van der Waals surface area contributed by atoms with Crippen molar-refractivity contribution in [2.45, 2.75) is 63.6 Å². The molecule has 3 aliphatic rings. The fourth-order valence-electron chi connectivity index (χ4n) is 7.45. The molecule has 7 heteroatoms. The summed E-state index contributed by atoms with van der Waals surface area (Å²) in [6.07, 6.45) is 8.76. The first kappa shape index (κ1) is 26.8. The first-order chi connectivity index (χ1) is 19.4. The number of hydrogen-bond donors (Lipinski definition) is 1. The van der Waals surface area contributed by atoms with E-state index >= 15 is 0 Å². The Morgan fingerprint density at radius 1 is 0.975 bits per heavy atom. The summed E-state index contributed by atoms with van der Waals surface area (Å²) in [6.45, 7) is 2.74. The highest BCUT2D eigenvalue weighted by atomic mass is 19.1. The van der Waals surface area contributed by atoms with Crippen LogP contribution >= 0.6 is 0 Å². The van der Waals surface area contributed by atoms with Gasteiger partial charge in [-0.05, 0) is 66.7 Å². The number of pyridine rings is 1. The molecular formula is C33H39FN4O2. The van der Waals surface area contributed by atoms with Gasteiger partial charge in [0.2, 0.25) is 0 Å². The molecule has 3 fully saturated rings. The first-order valence-electron chi connectivity index (χ1n) is 14.7. The minimum Gasteiger partial charge on any atom is -0.328 e. The highest BCUT2D eigenvalue weighted by Gasteiger charge is 2.47. The van der Waals surface area contributed by atoms with Gasteiger partial charge in [0.25, 0.3) is 5.56 Å². The van der Waals surface area contributed by atoms with E-state index in [0.29, 0.717) is 36.7 Å². The standard InChI is InChI=1S/C33H39FN4O2/c34-29-11-5-4-10-28(29)25-12-17-36(31(39)20-25)22-26-13-18-37(23-33(26)15-6-7-16-33)32(40)38-19-14-27(35)21-30(38)24-8-2-1-3-9-24/h1-5,8-12,17,20,26-27,30H,6-7,13-16,18-19,21-23,35H2/t26-,27+,30-/m0/s1. The number of carbonyl (C=O) groups is 1. The summed E-state index contributed by atoms with van der Waals surface area (Å²) in [5.41, 5.74) is 8.46. The summed E-state index contributed by atoms with van der Waals surface area (Å²) in [5.74, 6) is -0.0115. The normalized spacial score (nSPS) is 24.4. The fraction of sp³-hybridized carbons (Fsp3) is 0.455. The molecule has 2 saturated heterocycles. The summed E-state index contributed by atoms with van der Waals surface area (Å²) in [5, 5.41) is 0. The zero-order chi connectivity index (χ0) is 27.7. The molecule has 3 atom stereocenters. The molecule has 1 saturated carbocycles. The van der Waals surface area contributed by atoms with Gasteiger partial charge < -0.3 is 20.1 Å². The molecule has 1 spiro atoms. The summed E-state index contributed by atoms with van der Waals surface area (Å²) < 4.78 is 16.1. The van der Waals surface area contributed by atoms with Crippen LogP contribution in [0.4, 0.5) is 9.18 Å². The van der Waals surface area contributed by atoms with Crippen LogP contribution in [0.15, 0.2) is 77.7 Å². The number of piperidine rings is 2. The number of halogens is 1. The van der Waals surface area contributed by atoms with Gasteiger partial charge in [0.05, 0.1) is 6.04 Å². The maximum atomic E-state index is 14.3. The van der Waals surface area contributed by atoms with Gasteiger partial charge in [0.1, 0.15) is 5.82 Å². The molecule has 3 heterocycles. The summed E-state index contributed by atoms with van der Waals surface area (Å²) in [4.78, 5) is 31.3. The van der Waals surface area contributed by atoms with Gasteiger partial charge in [-0.1, -0.05) is 61.4 Å². The van der Waals surface area contributed by atoms with E-state index in [1.807, 2.05) is 35.4 Å². The molecule has 2 aromatic carbocycles. The van der Waals surface area contributed by atoms with Crippen molar-refractivity contribution in [3.63, 3.8) is 0 Å². The lowest BCUT2D eigenvalue weighted by Gasteiger charge is -2.49. The lowest BCUT2D eigenvalue weighted by Crippen LogP contribution is -2.56. The van der Waals surface area contributed by atoms with E-state index in [2.05, 4.69) is 17.0 Å². The second kappa shape index (κ2) is 11.2. The van der Waals surface area contributed by atoms with Gasteiger partial charge in [0.15, 0.2) is 0 Å². The molecule has 1 aromatic heterocycles. The van der Waals surface area contributed by atoms with Crippen molar-refractivity contribution in [1.82, 2.24) is 14.4 Å². The number of likely N-dealkylation sites (tertiary alicyclic amines) is 2. The van der Waals surface area contributed by atoms with Gasteiger partial charge in [-0.2, -0.15) is 0 Å². The van der Waals surface area contributed by atoms with E-state index in [9.17, 15) is 14.0 Å². The van der Waals surface area contributed by atoms with E-state index in [1.165, 1.54) is 6.07 Å². The molecule has 2 aliphatic heterocycles. The Balaban J connectivity index is 1.20. The van der Waals surface area contributed by atoms with Gasteiger partial charge in [-0.15, -0.1) is 0 Å². The number of urea groups is 1. The topological polar surface area (TPSA) is 71.6 Å². The predicted molar refractivity (Wildman–Crippen MR) is 155 cm³/mol. The number of aromatic nitrogens is 1. The number of nitrogens with zero attached hydrogens (tertiary/aromatic N) is 3. The number of nitrogens with two attached hydrogens (primary N) is 1. The van der Waals surface area contributed by atoms with Crippen molar-refractivity contribution in [2.24, 2.45) is 17.1 Å². The maximum Gasteiger partial charge on any atom is 0.320 e. The third kappa shape index (κ3) is 5.19. The SMILES string of the molecule is N[C@@H]1CCN(C(=O)N2CC[C@@H](Cn3ccc(-c4ccccc4F)cc3=O)C3(CCCC3)C2)[C@H](c2ccccc2)C1. The van der Waals surface area contributed by atoms with Crippen LogP contribution in [-0.4, -0.2) is 46.1 Å².